The Kier molecular flexibility index (Phi) is 11.7. The number of pyridine rings is 1. The molecule has 1 heterocycles. The summed E-state index contributed by atoms with van der Waals surface area (Å²) < 4.78 is 1.84. The number of halogens is 1. The van der Waals surface area contributed by atoms with Crippen LogP contribution in [0.2, 0.25) is 0 Å². The fraction of sp³-hybridized carbons (Fsp3) is 0.478. The van der Waals surface area contributed by atoms with Crippen LogP contribution in [0.15, 0.2) is 52.3 Å². The summed E-state index contributed by atoms with van der Waals surface area (Å²) in [5.74, 6) is 1.23. The monoisotopic (exact) mass is 510 g/mol. The fourth-order valence-corrected chi connectivity index (χ4v) is 3.16. The molecule has 0 amide bonds. The summed E-state index contributed by atoms with van der Waals surface area (Å²) >= 11 is 0. The summed E-state index contributed by atoms with van der Waals surface area (Å²) in [5.41, 5.74) is 3.70. The number of unbranched alkanes of at least 4 members (excludes halogenated alkanes) is 1. The summed E-state index contributed by atoms with van der Waals surface area (Å²) in [7, 11) is 0. The second-order valence-corrected chi connectivity index (χ2v) is 7.33. The van der Waals surface area contributed by atoms with Crippen molar-refractivity contribution in [2.45, 2.75) is 53.0 Å². The number of rotatable bonds is 9. The van der Waals surface area contributed by atoms with Crippen LogP contribution in [0.25, 0.3) is 0 Å². The summed E-state index contributed by atoms with van der Waals surface area (Å²) in [6.07, 6.45) is 1.94. The molecule has 2 N–H and O–H groups in total. The molecule has 0 fully saturated rings. The number of nitrogens with one attached hydrogen (secondary N) is 2. The van der Waals surface area contributed by atoms with Crippen LogP contribution in [-0.4, -0.2) is 30.2 Å². The third-order valence-corrected chi connectivity index (χ3v) is 4.85. The van der Waals surface area contributed by atoms with Crippen molar-refractivity contribution in [1.82, 2.24) is 15.2 Å². The van der Waals surface area contributed by atoms with E-state index in [1.165, 1.54) is 11.1 Å². The Morgan fingerprint density at radius 3 is 2.55 bits per heavy atom. The van der Waals surface area contributed by atoms with E-state index in [0.717, 1.165) is 50.7 Å². The smallest absolute Gasteiger partial charge is 0.250 e. The average molecular weight is 510 g/mol. The topological polar surface area (TPSA) is 58.4 Å². The molecule has 5 nitrogen and oxygen atoms in total. The van der Waals surface area contributed by atoms with Gasteiger partial charge in [0.1, 0.15) is 0 Å². The first-order chi connectivity index (χ1) is 13.5. The molecule has 6 heteroatoms. The number of aliphatic imine (C=N–C) groups is 1. The van der Waals surface area contributed by atoms with Gasteiger partial charge in [-0.3, -0.25) is 9.79 Å². The number of benzene rings is 1. The number of aryl methyl sites for hydroxylation is 2. The predicted molar refractivity (Wildman–Crippen MR) is 134 cm³/mol. The van der Waals surface area contributed by atoms with E-state index >= 15 is 0 Å². The van der Waals surface area contributed by atoms with Gasteiger partial charge < -0.3 is 15.2 Å². The van der Waals surface area contributed by atoms with Crippen LogP contribution in [0.5, 0.6) is 0 Å². The summed E-state index contributed by atoms with van der Waals surface area (Å²) in [5, 5.41) is 6.72. The zero-order chi connectivity index (χ0) is 20.4. The van der Waals surface area contributed by atoms with Gasteiger partial charge in [-0.15, -0.1) is 24.0 Å². The van der Waals surface area contributed by atoms with Gasteiger partial charge in [0.25, 0.3) is 5.56 Å². The first-order valence-corrected chi connectivity index (χ1v) is 10.3. The number of hydrogen-bond donors (Lipinski definition) is 2. The summed E-state index contributed by atoms with van der Waals surface area (Å²) in [6, 6.07) is 14.0. The summed E-state index contributed by atoms with van der Waals surface area (Å²) in [6.45, 7) is 11.6. The predicted octanol–water partition coefficient (Wildman–Crippen LogP) is 4.22. The van der Waals surface area contributed by atoms with Crippen molar-refractivity contribution < 1.29 is 0 Å². The third kappa shape index (κ3) is 8.60. The highest BCUT2D eigenvalue weighted by Crippen LogP contribution is 2.16. The molecule has 0 saturated heterocycles. The lowest BCUT2D eigenvalue weighted by atomic mass is 10.00. The van der Waals surface area contributed by atoms with Gasteiger partial charge in [0.15, 0.2) is 5.96 Å². The lowest BCUT2D eigenvalue weighted by molar-refractivity contribution is 0.574. The first-order valence-electron chi connectivity index (χ1n) is 10.3. The van der Waals surface area contributed by atoms with Gasteiger partial charge in [-0.2, -0.15) is 0 Å². The van der Waals surface area contributed by atoms with E-state index < -0.39 is 0 Å². The summed E-state index contributed by atoms with van der Waals surface area (Å²) in [4.78, 5) is 16.6. The van der Waals surface area contributed by atoms with E-state index in [-0.39, 0.29) is 29.5 Å². The van der Waals surface area contributed by atoms with Gasteiger partial charge in [-0.05, 0) is 45.2 Å². The molecule has 160 valence electrons. The maximum atomic E-state index is 11.9. The largest absolute Gasteiger partial charge is 0.357 e. The lowest BCUT2D eigenvalue weighted by Gasteiger charge is -2.14. The highest BCUT2D eigenvalue weighted by molar-refractivity contribution is 14.0. The highest BCUT2D eigenvalue weighted by atomic mass is 127. The van der Waals surface area contributed by atoms with Crippen LogP contribution in [0.1, 0.15) is 49.4 Å². The zero-order valence-corrected chi connectivity index (χ0v) is 20.4. The normalized spacial score (nSPS) is 12.2. The Hall–Kier alpha value is -1.83. The van der Waals surface area contributed by atoms with Gasteiger partial charge in [0, 0.05) is 43.9 Å². The number of hydrogen-bond acceptors (Lipinski definition) is 2. The number of guanidine groups is 1. The van der Waals surface area contributed by atoms with Gasteiger partial charge in [0.2, 0.25) is 0 Å². The van der Waals surface area contributed by atoms with E-state index in [1.807, 2.05) is 23.6 Å². The van der Waals surface area contributed by atoms with Crippen LogP contribution < -0.4 is 16.2 Å². The Bertz CT molecular complexity index is 832. The van der Waals surface area contributed by atoms with Crippen molar-refractivity contribution in [1.29, 1.82) is 0 Å². The molecule has 0 bridgehead atoms. The molecule has 1 unspecified atom stereocenters. The van der Waals surface area contributed by atoms with E-state index in [2.05, 4.69) is 55.7 Å². The highest BCUT2D eigenvalue weighted by Gasteiger charge is 2.06. The maximum absolute atomic E-state index is 11.9. The molecule has 0 spiro atoms. The Morgan fingerprint density at radius 1 is 1.10 bits per heavy atom. The Balaban J connectivity index is 0.00000420. The van der Waals surface area contributed by atoms with Gasteiger partial charge >= 0.3 is 0 Å². The van der Waals surface area contributed by atoms with E-state index in [1.54, 1.807) is 6.07 Å². The maximum Gasteiger partial charge on any atom is 0.250 e. The minimum atomic E-state index is 0. The van der Waals surface area contributed by atoms with Crippen molar-refractivity contribution in [2.24, 2.45) is 4.99 Å². The van der Waals surface area contributed by atoms with Crippen molar-refractivity contribution >= 4 is 29.9 Å². The Labute approximate surface area is 192 Å². The van der Waals surface area contributed by atoms with E-state index in [9.17, 15) is 4.79 Å². The van der Waals surface area contributed by atoms with Gasteiger partial charge in [-0.1, -0.05) is 42.8 Å². The quantitative estimate of drug-likeness (QED) is 0.230. The van der Waals surface area contributed by atoms with Crippen LogP contribution in [0.4, 0.5) is 0 Å². The number of aromatic nitrogens is 1. The first kappa shape index (κ1) is 25.2. The van der Waals surface area contributed by atoms with Crippen molar-refractivity contribution in [3.05, 3.63) is 69.6 Å². The SMILES string of the molecule is CCNC(=NCC(C)c1cccc(C)c1)NCCCCn1c(C)cccc1=O.I. The molecular formula is C23H35IN4O. The molecule has 0 aliphatic carbocycles. The molecule has 0 aliphatic rings. The van der Waals surface area contributed by atoms with Crippen molar-refractivity contribution in [3.8, 4) is 0 Å². The second kappa shape index (κ2) is 13.4. The minimum absolute atomic E-state index is 0. The van der Waals surface area contributed by atoms with Crippen molar-refractivity contribution in [3.63, 3.8) is 0 Å². The van der Waals surface area contributed by atoms with Gasteiger partial charge in [-0.25, -0.2) is 0 Å². The molecule has 1 aromatic heterocycles. The Morgan fingerprint density at radius 2 is 1.86 bits per heavy atom. The van der Waals surface area contributed by atoms with Crippen LogP contribution in [-0.2, 0) is 6.54 Å². The molecule has 29 heavy (non-hydrogen) atoms. The lowest BCUT2D eigenvalue weighted by Crippen LogP contribution is -2.38. The minimum Gasteiger partial charge on any atom is -0.357 e. The molecule has 1 atom stereocenters. The molecule has 2 rings (SSSR count). The molecule has 1 aromatic carbocycles. The second-order valence-electron chi connectivity index (χ2n) is 7.33. The molecular weight excluding hydrogens is 475 g/mol. The average Bonchev–Trinajstić information content (AvgIpc) is 2.67. The van der Waals surface area contributed by atoms with Crippen LogP contribution in [0, 0.1) is 13.8 Å². The molecule has 2 aromatic rings. The molecule has 0 aliphatic heterocycles. The van der Waals surface area contributed by atoms with E-state index in [0.29, 0.717) is 5.92 Å². The third-order valence-electron chi connectivity index (χ3n) is 4.85. The molecule has 0 radical (unpaired) electrons. The zero-order valence-electron chi connectivity index (χ0n) is 18.1. The number of nitrogens with zero attached hydrogens (tertiary/aromatic N) is 2. The van der Waals surface area contributed by atoms with E-state index in [4.69, 9.17) is 4.99 Å². The standard InChI is InChI=1S/C23H34N4O.HI/c1-5-24-23(26-17-19(3)21-12-8-10-18(2)16-21)25-14-6-7-15-27-20(4)11-9-13-22(27)28;/h8-13,16,19H,5-7,14-15,17H2,1-4H3,(H2,24,25,26);1H. The van der Waals surface area contributed by atoms with Crippen molar-refractivity contribution in [2.75, 3.05) is 19.6 Å². The van der Waals surface area contributed by atoms with Gasteiger partial charge in [0.05, 0.1) is 0 Å². The fourth-order valence-electron chi connectivity index (χ4n) is 3.16. The van der Waals surface area contributed by atoms with Crippen LogP contribution in [0.3, 0.4) is 0 Å². The van der Waals surface area contributed by atoms with Crippen LogP contribution >= 0.6 is 24.0 Å². The molecule has 0 saturated carbocycles.